The van der Waals surface area contributed by atoms with Crippen LogP contribution >= 0.6 is 11.6 Å². The molecule has 7 heteroatoms. The predicted octanol–water partition coefficient (Wildman–Crippen LogP) is 5.74. The van der Waals surface area contributed by atoms with E-state index >= 15 is 0 Å². The third-order valence-electron chi connectivity index (χ3n) is 4.75. The highest BCUT2D eigenvalue weighted by Gasteiger charge is 2.11. The summed E-state index contributed by atoms with van der Waals surface area (Å²) in [6.45, 7) is 4.01. The lowest BCUT2D eigenvalue weighted by Gasteiger charge is -2.14. The number of rotatable bonds is 8. The van der Waals surface area contributed by atoms with Gasteiger partial charge < -0.3 is 20.1 Å². The Morgan fingerprint density at radius 3 is 2.34 bits per heavy atom. The molecule has 0 aliphatic heterocycles. The predicted molar refractivity (Wildman–Crippen MR) is 127 cm³/mol. The van der Waals surface area contributed by atoms with Crippen LogP contribution in [-0.4, -0.2) is 25.5 Å². The van der Waals surface area contributed by atoms with Gasteiger partial charge in [0.25, 0.3) is 11.8 Å². The minimum atomic E-state index is -0.291. The second-order valence-corrected chi connectivity index (χ2v) is 7.81. The molecule has 2 N–H and O–H groups in total. The second kappa shape index (κ2) is 10.7. The van der Waals surface area contributed by atoms with Crippen LogP contribution in [0.4, 0.5) is 11.4 Å². The van der Waals surface area contributed by atoms with E-state index in [2.05, 4.69) is 24.5 Å². The minimum absolute atomic E-state index is 0.137. The zero-order valence-corrected chi connectivity index (χ0v) is 18.9. The molecule has 166 valence electrons. The molecule has 0 atom stereocenters. The van der Waals surface area contributed by atoms with Crippen molar-refractivity contribution in [3.05, 3.63) is 82.9 Å². The van der Waals surface area contributed by atoms with Gasteiger partial charge in [0.2, 0.25) is 0 Å². The Kier molecular flexibility index (Phi) is 7.73. The average Bonchev–Trinajstić information content (AvgIpc) is 2.78. The zero-order valence-electron chi connectivity index (χ0n) is 18.1. The smallest absolute Gasteiger partial charge is 0.262 e. The fourth-order valence-corrected chi connectivity index (χ4v) is 3.36. The van der Waals surface area contributed by atoms with E-state index in [1.54, 1.807) is 42.5 Å². The molecule has 0 saturated heterocycles. The van der Waals surface area contributed by atoms with Crippen molar-refractivity contribution in [3.8, 4) is 11.5 Å². The van der Waals surface area contributed by atoms with Crippen LogP contribution in [0.5, 0.6) is 11.5 Å². The number of amides is 2. The third kappa shape index (κ3) is 6.02. The van der Waals surface area contributed by atoms with Gasteiger partial charge in [-0.05, 0) is 60.0 Å². The molecule has 0 bridgehead atoms. The van der Waals surface area contributed by atoms with Crippen molar-refractivity contribution in [1.82, 2.24) is 0 Å². The van der Waals surface area contributed by atoms with Gasteiger partial charge >= 0.3 is 0 Å². The number of hydrogen-bond donors (Lipinski definition) is 2. The lowest BCUT2D eigenvalue weighted by Crippen LogP contribution is -2.21. The van der Waals surface area contributed by atoms with Gasteiger partial charge in [0.05, 0.1) is 12.1 Å². The fourth-order valence-electron chi connectivity index (χ4n) is 3.10. The minimum Gasteiger partial charge on any atom is -0.495 e. The lowest BCUT2D eigenvalue weighted by molar-refractivity contribution is -0.118. The van der Waals surface area contributed by atoms with Crippen LogP contribution in [0.1, 0.15) is 35.7 Å². The summed E-state index contributed by atoms with van der Waals surface area (Å²) in [5, 5.41) is 6.07. The van der Waals surface area contributed by atoms with E-state index < -0.39 is 0 Å². The van der Waals surface area contributed by atoms with Crippen molar-refractivity contribution in [3.63, 3.8) is 0 Å². The molecule has 3 aromatic carbocycles. The lowest BCUT2D eigenvalue weighted by atomic mass is 10.0. The van der Waals surface area contributed by atoms with Gasteiger partial charge in [-0.25, -0.2) is 0 Å². The highest BCUT2D eigenvalue weighted by Crippen LogP contribution is 2.27. The summed E-state index contributed by atoms with van der Waals surface area (Å²) in [5.41, 5.74) is 2.84. The van der Waals surface area contributed by atoms with Crippen LogP contribution in [0.3, 0.4) is 0 Å². The molecule has 32 heavy (non-hydrogen) atoms. The van der Waals surface area contributed by atoms with Gasteiger partial charge in [0, 0.05) is 16.9 Å². The van der Waals surface area contributed by atoms with Crippen LogP contribution in [0.15, 0.2) is 66.7 Å². The maximum atomic E-state index is 12.5. The van der Waals surface area contributed by atoms with E-state index in [9.17, 15) is 9.59 Å². The topological polar surface area (TPSA) is 76.7 Å². The number of halogens is 1. The Hall–Kier alpha value is -3.51. The second-order valence-electron chi connectivity index (χ2n) is 7.41. The Labute approximate surface area is 192 Å². The van der Waals surface area contributed by atoms with Gasteiger partial charge in [0.1, 0.15) is 11.5 Å². The summed E-state index contributed by atoms with van der Waals surface area (Å²) in [6.07, 6.45) is 0. The largest absolute Gasteiger partial charge is 0.495 e. The summed E-state index contributed by atoms with van der Waals surface area (Å²) in [7, 11) is 1.53. The number of carbonyl (C=O) groups is 2. The molecule has 0 radical (unpaired) electrons. The number of carbonyl (C=O) groups excluding carboxylic acids is 2. The molecule has 0 unspecified atom stereocenters. The number of anilines is 2. The average molecular weight is 453 g/mol. The molecule has 0 saturated carbocycles. The molecule has 0 aromatic heterocycles. The molecule has 2 amide bonds. The van der Waals surface area contributed by atoms with Crippen molar-refractivity contribution in [1.29, 1.82) is 0 Å². The van der Waals surface area contributed by atoms with E-state index in [0.29, 0.717) is 33.7 Å². The van der Waals surface area contributed by atoms with Crippen molar-refractivity contribution in [2.24, 2.45) is 0 Å². The molecule has 0 fully saturated rings. The molecule has 3 aromatic rings. The van der Waals surface area contributed by atoms with Crippen LogP contribution in [0, 0.1) is 0 Å². The number of methoxy groups -OCH3 is 1. The monoisotopic (exact) mass is 452 g/mol. The van der Waals surface area contributed by atoms with Gasteiger partial charge in [-0.3, -0.25) is 9.59 Å². The van der Waals surface area contributed by atoms with Crippen molar-refractivity contribution < 1.29 is 19.1 Å². The first-order valence-corrected chi connectivity index (χ1v) is 10.5. The number of hydrogen-bond acceptors (Lipinski definition) is 4. The van der Waals surface area contributed by atoms with E-state index in [1.165, 1.54) is 7.11 Å². The Balaban J connectivity index is 1.55. The maximum Gasteiger partial charge on any atom is 0.262 e. The van der Waals surface area contributed by atoms with Crippen LogP contribution < -0.4 is 20.1 Å². The van der Waals surface area contributed by atoms with E-state index in [4.69, 9.17) is 21.1 Å². The van der Waals surface area contributed by atoms with Crippen molar-refractivity contribution in [2.75, 3.05) is 24.4 Å². The first-order chi connectivity index (χ1) is 15.4. The highest BCUT2D eigenvalue weighted by molar-refractivity contribution is 6.32. The fraction of sp³-hybridized carbons (Fsp3) is 0.200. The zero-order chi connectivity index (χ0) is 23.1. The number of ether oxygens (including phenoxy) is 2. The Morgan fingerprint density at radius 1 is 0.969 bits per heavy atom. The van der Waals surface area contributed by atoms with E-state index in [-0.39, 0.29) is 18.4 Å². The molecule has 3 rings (SSSR count). The molecule has 6 nitrogen and oxygen atoms in total. The molecule has 0 spiro atoms. The van der Waals surface area contributed by atoms with E-state index in [1.807, 2.05) is 24.3 Å². The van der Waals surface area contributed by atoms with Crippen molar-refractivity contribution in [2.45, 2.75) is 19.8 Å². The summed E-state index contributed by atoms with van der Waals surface area (Å²) in [6, 6.07) is 19.2. The van der Waals surface area contributed by atoms with E-state index in [0.717, 1.165) is 11.3 Å². The quantitative estimate of drug-likeness (QED) is 0.456. The van der Waals surface area contributed by atoms with Crippen LogP contribution in [0.2, 0.25) is 5.02 Å². The molecule has 0 aliphatic rings. The van der Waals surface area contributed by atoms with Gasteiger partial charge in [-0.15, -0.1) is 0 Å². The summed E-state index contributed by atoms with van der Waals surface area (Å²) >= 11 is 6.09. The van der Waals surface area contributed by atoms with Gasteiger partial charge in [-0.2, -0.15) is 0 Å². The van der Waals surface area contributed by atoms with Gasteiger partial charge in [0.15, 0.2) is 6.61 Å². The number of benzene rings is 3. The van der Waals surface area contributed by atoms with Crippen molar-refractivity contribution >= 4 is 34.8 Å². The number of para-hydroxylation sites is 1. The third-order valence-corrected chi connectivity index (χ3v) is 5.05. The normalized spacial score (nSPS) is 10.5. The Bertz CT molecular complexity index is 1100. The summed E-state index contributed by atoms with van der Waals surface area (Å²) in [4.78, 5) is 24.7. The molecular weight excluding hydrogens is 428 g/mol. The standard InChI is InChI=1S/C25H25ClN2O4/c1-16(2)20-6-4-5-7-22(20)28-24(29)15-32-19-11-8-17(9-12-19)25(30)27-18-10-13-23(31-3)21(26)14-18/h4-14,16H,15H2,1-3H3,(H,27,30)(H,28,29). The summed E-state index contributed by atoms with van der Waals surface area (Å²) < 4.78 is 10.7. The molecule has 0 heterocycles. The molecular formula is C25H25ClN2O4. The SMILES string of the molecule is COc1ccc(NC(=O)c2ccc(OCC(=O)Nc3ccccc3C(C)C)cc2)cc1Cl. The van der Waals surface area contributed by atoms with Crippen LogP contribution in [-0.2, 0) is 4.79 Å². The summed E-state index contributed by atoms with van der Waals surface area (Å²) in [5.74, 6) is 0.765. The highest BCUT2D eigenvalue weighted by atomic mass is 35.5. The first-order valence-electron chi connectivity index (χ1n) is 10.1. The Morgan fingerprint density at radius 2 is 1.69 bits per heavy atom. The first kappa shape index (κ1) is 23.2. The molecule has 0 aliphatic carbocycles. The maximum absolute atomic E-state index is 12.5. The number of nitrogens with one attached hydrogen (secondary N) is 2. The van der Waals surface area contributed by atoms with Crippen LogP contribution in [0.25, 0.3) is 0 Å². The van der Waals surface area contributed by atoms with Gasteiger partial charge in [-0.1, -0.05) is 43.6 Å².